The Labute approximate surface area is 179 Å². The van der Waals surface area contributed by atoms with Crippen LogP contribution < -0.4 is 15.5 Å². The van der Waals surface area contributed by atoms with Crippen LogP contribution in [0.15, 0.2) is 24.4 Å². The van der Waals surface area contributed by atoms with Gasteiger partial charge >= 0.3 is 6.09 Å². The van der Waals surface area contributed by atoms with Gasteiger partial charge in [-0.3, -0.25) is 5.10 Å². The molecule has 1 saturated heterocycles. The van der Waals surface area contributed by atoms with Gasteiger partial charge in [-0.05, 0) is 46.2 Å². The number of carbonyl (C=O) groups excluding carboxylic acids is 1. The molecule has 3 aromatic rings. The third-order valence-electron chi connectivity index (χ3n) is 5.59. The molecule has 3 aromatic heterocycles. The number of aromatic nitrogens is 5. The van der Waals surface area contributed by atoms with Crippen molar-refractivity contribution in [1.82, 2.24) is 30.5 Å². The third-order valence-corrected chi connectivity index (χ3v) is 5.59. The highest BCUT2D eigenvalue weighted by Crippen LogP contribution is 2.50. The van der Waals surface area contributed by atoms with Gasteiger partial charge in [0.2, 0.25) is 5.95 Å². The molecule has 0 spiro atoms. The van der Waals surface area contributed by atoms with Crippen LogP contribution in [-0.4, -0.2) is 55.5 Å². The molecule has 0 unspecified atom stereocenters. The molecular weight excluding hydrogens is 396 g/mol. The molecule has 10 nitrogen and oxygen atoms in total. The van der Waals surface area contributed by atoms with Crippen molar-refractivity contribution in [1.29, 1.82) is 0 Å². The summed E-state index contributed by atoms with van der Waals surface area (Å²) in [5.41, 5.74) is 0.755. The molecule has 4 heterocycles. The Morgan fingerprint density at radius 2 is 2.19 bits per heavy atom. The number of amides is 1. The van der Waals surface area contributed by atoms with Gasteiger partial charge in [0.15, 0.2) is 11.5 Å². The minimum absolute atomic E-state index is 0.280. The van der Waals surface area contributed by atoms with Gasteiger partial charge in [0.1, 0.15) is 11.4 Å². The minimum Gasteiger partial charge on any atom is -0.444 e. The van der Waals surface area contributed by atoms with Crippen LogP contribution >= 0.6 is 0 Å². The number of hydrogen-bond donors (Lipinski definition) is 3. The van der Waals surface area contributed by atoms with E-state index in [0.717, 1.165) is 24.0 Å². The van der Waals surface area contributed by atoms with Crippen molar-refractivity contribution in [2.45, 2.75) is 45.3 Å². The van der Waals surface area contributed by atoms with Crippen LogP contribution in [0.1, 0.15) is 32.9 Å². The zero-order valence-corrected chi connectivity index (χ0v) is 18.1. The van der Waals surface area contributed by atoms with Crippen molar-refractivity contribution in [2.24, 2.45) is 5.92 Å². The first-order valence-corrected chi connectivity index (χ1v) is 10.4. The van der Waals surface area contributed by atoms with Crippen LogP contribution in [0, 0.1) is 12.8 Å². The maximum Gasteiger partial charge on any atom is 0.408 e. The number of pyridine rings is 1. The highest BCUT2D eigenvalue weighted by Gasteiger charge is 2.62. The van der Waals surface area contributed by atoms with Gasteiger partial charge in [-0.25, -0.2) is 9.78 Å². The molecule has 10 heteroatoms. The molecule has 0 aromatic carbocycles. The number of anilines is 3. The number of hydrogen-bond acceptors (Lipinski definition) is 8. The fourth-order valence-corrected chi connectivity index (χ4v) is 4.13. The highest BCUT2D eigenvalue weighted by molar-refractivity contribution is 5.89. The van der Waals surface area contributed by atoms with Crippen molar-refractivity contribution in [2.75, 3.05) is 23.3 Å². The van der Waals surface area contributed by atoms with E-state index < -0.39 is 5.60 Å². The molecule has 2 aliphatic rings. The molecule has 1 aliphatic carbocycles. The molecule has 162 valence electrons. The lowest BCUT2D eigenvalue weighted by Gasteiger charge is -2.24. The standard InChI is InChI=1S/C21H26N8O2/c1-12-8-15(28-27-12)23-17-14-6-5-7-22-16(14)24-18(25-17)29-10-13-9-21(13,11-29)26-19(30)31-20(2,3)4/h5-8,13H,9-11H2,1-4H3,(H,26,30)(H2,22,23,24,25,27,28)/t13-,21-/m1/s1. The second kappa shape index (κ2) is 6.79. The van der Waals surface area contributed by atoms with Crippen molar-refractivity contribution in [3.8, 4) is 0 Å². The number of aryl methyl sites for hydroxylation is 1. The second-order valence-electron chi connectivity index (χ2n) is 9.37. The first kappa shape index (κ1) is 19.5. The number of piperidine rings is 1. The van der Waals surface area contributed by atoms with Crippen LogP contribution in [0.5, 0.6) is 0 Å². The molecular formula is C21H26N8O2. The smallest absolute Gasteiger partial charge is 0.408 e. The first-order chi connectivity index (χ1) is 14.7. The Morgan fingerprint density at radius 3 is 2.94 bits per heavy atom. The summed E-state index contributed by atoms with van der Waals surface area (Å²) in [5, 5.41) is 14.3. The summed E-state index contributed by atoms with van der Waals surface area (Å²) in [5.74, 6) is 2.26. The van der Waals surface area contributed by atoms with E-state index in [1.165, 1.54) is 0 Å². The summed E-state index contributed by atoms with van der Waals surface area (Å²) < 4.78 is 5.45. The summed E-state index contributed by atoms with van der Waals surface area (Å²) in [6.45, 7) is 8.94. The van der Waals surface area contributed by atoms with E-state index in [0.29, 0.717) is 35.7 Å². The maximum atomic E-state index is 12.3. The number of ether oxygens (including phenoxy) is 1. The van der Waals surface area contributed by atoms with E-state index in [-0.39, 0.29) is 11.6 Å². The summed E-state index contributed by atoms with van der Waals surface area (Å²) in [4.78, 5) is 28.3. The van der Waals surface area contributed by atoms with Gasteiger partial charge in [-0.15, -0.1) is 0 Å². The molecule has 1 saturated carbocycles. The average Bonchev–Trinajstić information content (AvgIpc) is 3.00. The van der Waals surface area contributed by atoms with Crippen molar-refractivity contribution >= 4 is 34.7 Å². The van der Waals surface area contributed by atoms with Gasteiger partial charge in [0.25, 0.3) is 0 Å². The zero-order chi connectivity index (χ0) is 21.8. The fourth-order valence-electron chi connectivity index (χ4n) is 4.13. The Hall–Kier alpha value is -3.43. The Bertz CT molecular complexity index is 1150. The summed E-state index contributed by atoms with van der Waals surface area (Å²) in [6, 6.07) is 5.70. The van der Waals surface area contributed by atoms with Gasteiger partial charge < -0.3 is 20.3 Å². The summed E-state index contributed by atoms with van der Waals surface area (Å²) >= 11 is 0. The van der Waals surface area contributed by atoms with Crippen LogP contribution in [-0.2, 0) is 4.74 Å². The largest absolute Gasteiger partial charge is 0.444 e. The molecule has 2 fully saturated rings. The van der Waals surface area contributed by atoms with E-state index in [4.69, 9.17) is 9.72 Å². The second-order valence-corrected chi connectivity index (χ2v) is 9.37. The van der Waals surface area contributed by atoms with Crippen molar-refractivity contribution in [3.05, 3.63) is 30.1 Å². The Balaban J connectivity index is 1.39. The van der Waals surface area contributed by atoms with E-state index >= 15 is 0 Å². The van der Waals surface area contributed by atoms with Crippen molar-refractivity contribution in [3.63, 3.8) is 0 Å². The third kappa shape index (κ3) is 3.85. The number of carbonyl (C=O) groups is 1. The summed E-state index contributed by atoms with van der Waals surface area (Å²) in [6.07, 6.45) is 2.27. The molecule has 2 atom stereocenters. The lowest BCUT2D eigenvalue weighted by molar-refractivity contribution is 0.0498. The quantitative estimate of drug-likeness (QED) is 0.587. The Kier molecular flexibility index (Phi) is 4.28. The molecule has 0 bridgehead atoms. The van der Waals surface area contributed by atoms with E-state index in [9.17, 15) is 4.79 Å². The molecule has 0 radical (unpaired) electrons. The predicted octanol–water partition coefficient (Wildman–Crippen LogP) is 2.90. The number of nitrogens with zero attached hydrogens (tertiary/aromatic N) is 5. The van der Waals surface area contributed by atoms with Crippen LogP contribution in [0.25, 0.3) is 11.0 Å². The average molecular weight is 422 g/mol. The molecule has 3 N–H and O–H groups in total. The summed E-state index contributed by atoms with van der Waals surface area (Å²) in [7, 11) is 0. The monoisotopic (exact) mass is 422 g/mol. The van der Waals surface area contributed by atoms with Gasteiger partial charge in [-0.1, -0.05) is 0 Å². The van der Waals surface area contributed by atoms with Crippen molar-refractivity contribution < 1.29 is 9.53 Å². The molecule has 31 heavy (non-hydrogen) atoms. The zero-order valence-electron chi connectivity index (χ0n) is 18.1. The SMILES string of the molecule is Cc1cc(Nc2nc(N3C[C@H]4C[C@@]4(NC(=O)OC(C)(C)C)C3)nc3ncccc23)n[nH]1. The normalized spacial score (nSPS) is 22.3. The number of nitrogens with one attached hydrogen (secondary N) is 3. The lowest BCUT2D eigenvalue weighted by atomic mass is 10.2. The topological polar surface area (TPSA) is 121 Å². The van der Waals surface area contributed by atoms with Crippen LogP contribution in [0.2, 0.25) is 0 Å². The number of rotatable bonds is 4. The van der Waals surface area contributed by atoms with Gasteiger partial charge in [0.05, 0.1) is 10.9 Å². The molecule has 5 rings (SSSR count). The molecule has 1 amide bonds. The number of aromatic amines is 1. The minimum atomic E-state index is -0.526. The number of H-pyrrole nitrogens is 1. The first-order valence-electron chi connectivity index (χ1n) is 10.4. The highest BCUT2D eigenvalue weighted by atomic mass is 16.6. The van der Waals surface area contributed by atoms with E-state index in [1.54, 1.807) is 6.20 Å². The fraction of sp³-hybridized carbons (Fsp3) is 0.476. The maximum absolute atomic E-state index is 12.3. The predicted molar refractivity (Wildman–Crippen MR) is 116 cm³/mol. The van der Waals surface area contributed by atoms with Crippen LogP contribution in [0.3, 0.4) is 0 Å². The Morgan fingerprint density at radius 1 is 1.35 bits per heavy atom. The van der Waals surface area contributed by atoms with E-state index in [1.807, 2.05) is 45.9 Å². The van der Waals surface area contributed by atoms with Gasteiger partial charge in [-0.2, -0.15) is 15.1 Å². The van der Waals surface area contributed by atoms with E-state index in [2.05, 4.69) is 35.7 Å². The number of alkyl carbamates (subject to hydrolysis) is 1. The molecule has 1 aliphatic heterocycles. The van der Waals surface area contributed by atoms with Crippen LogP contribution in [0.4, 0.5) is 22.4 Å². The van der Waals surface area contributed by atoms with Gasteiger partial charge in [0, 0.05) is 37.0 Å². The number of fused-ring (bicyclic) bond motifs is 2. The lowest BCUT2D eigenvalue weighted by Crippen LogP contribution is -2.44.